The van der Waals surface area contributed by atoms with Crippen molar-refractivity contribution < 1.29 is 19.4 Å². The lowest BCUT2D eigenvalue weighted by Gasteiger charge is -2.42. The van der Waals surface area contributed by atoms with E-state index in [4.69, 9.17) is 14.6 Å². The van der Waals surface area contributed by atoms with Gasteiger partial charge >= 0.3 is 5.97 Å². The van der Waals surface area contributed by atoms with Gasteiger partial charge in [-0.1, -0.05) is 0 Å². The summed E-state index contributed by atoms with van der Waals surface area (Å²) in [5.41, 5.74) is 0. The van der Waals surface area contributed by atoms with E-state index in [9.17, 15) is 4.79 Å². The molecule has 1 fully saturated rings. The summed E-state index contributed by atoms with van der Waals surface area (Å²) in [4.78, 5) is 13.1. The number of carboxylic acid groups (broad SMARTS) is 1. The van der Waals surface area contributed by atoms with Gasteiger partial charge in [-0.2, -0.15) is 0 Å². The van der Waals surface area contributed by atoms with Crippen LogP contribution in [0.3, 0.4) is 0 Å². The molecule has 16 heavy (non-hydrogen) atoms. The minimum absolute atomic E-state index is 0.155. The standard InChI is InChI=1S/C11H21NO4/c1-15-7-5-12(6-8-16-2)10-4-3-9(10)11(13)14/h9-10H,3-8H2,1-2H3,(H,13,14). The highest BCUT2D eigenvalue weighted by Crippen LogP contribution is 2.32. The second-order valence-corrected chi connectivity index (χ2v) is 4.11. The fourth-order valence-corrected chi connectivity index (χ4v) is 2.07. The van der Waals surface area contributed by atoms with Crippen LogP contribution in [0.1, 0.15) is 12.8 Å². The fraction of sp³-hybridized carbons (Fsp3) is 0.909. The third kappa shape index (κ3) is 3.43. The molecule has 0 spiro atoms. The highest BCUT2D eigenvalue weighted by Gasteiger charge is 2.39. The molecular weight excluding hydrogens is 210 g/mol. The van der Waals surface area contributed by atoms with Crippen molar-refractivity contribution in [2.45, 2.75) is 18.9 Å². The zero-order valence-corrected chi connectivity index (χ0v) is 10.0. The van der Waals surface area contributed by atoms with E-state index >= 15 is 0 Å². The Kier molecular flexibility index (Phi) is 5.73. The van der Waals surface area contributed by atoms with E-state index in [-0.39, 0.29) is 12.0 Å². The van der Waals surface area contributed by atoms with Crippen molar-refractivity contribution in [2.75, 3.05) is 40.5 Å². The number of ether oxygens (including phenoxy) is 2. The second kappa shape index (κ2) is 6.83. The maximum atomic E-state index is 11.0. The summed E-state index contributed by atoms with van der Waals surface area (Å²) in [5.74, 6) is -0.898. The Morgan fingerprint density at radius 2 is 1.81 bits per heavy atom. The van der Waals surface area contributed by atoms with Gasteiger partial charge in [-0.05, 0) is 12.8 Å². The molecule has 1 aliphatic rings. The van der Waals surface area contributed by atoms with Crippen LogP contribution in [0.15, 0.2) is 0 Å². The lowest BCUT2D eigenvalue weighted by atomic mass is 9.78. The summed E-state index contributed by atoms with van der Waals surface area (Å²) in [6.45, 7) is 2.81. The van der Waals surface area contributed by atoms with E-state index in [1.807, 2.05) is 0 Å². The Balaban J connectivity index is 2.43. The summed E-state index contributed by atoms with van der Waals surface area (Å²) < 4.78 is 10.1. The van der Waals surface area contributed by atoms with E-state index < -0.39 is 5.97 Å². The molecule has 0 aromatic heterocycles. The number of carboxylic acids is 1. The number of rotatable bonds is 8. The SMILES string of the molecule is COCCN(CCOC)C1CCC1C(=O)O. The fourth-order valence-electron chi connectivity index (χ4n) is 2.07. The second-order valence-electron chi connectivity index (χ2n) is 4.11. The Morgan fingerprint density at radius 3 is 2.12 bits per heavy atom. The molecule has 0 saturated heterocycles. The number of methoxy groups -OCH3 is 2. The zero-order valence-electron chi connectivity index (χ0n) is 10.0. The lowest BCUT2D eigenvalue weighted by Crippen LogP contribution is -2.52. The Labute approximate surface area is 96.3 Å². The van der Waals surface area contributed by atoms with E-state index in [0.29, 0.717) is 13.2 Å². The summed E-state index contributed by atoms with van der Waals surface area (Å²) in [6, 6.07) is 0.155. The van der Waals surface area contributed by atoms with E-state index in [2.05, 4.69) is 4.90 Å². The first-order valence-electron chi connectivity index (χ1n) is 5.65. The highest BCUT2D eigenvalue weighted by atomic mass is 16.5. The Hall–Kier alpha value is -0.650. The molecule has 1 saturated carbocycles. The average molecular weight is 231 g/mol. The minimum atomic E-state index is -0.684. The monoisotopic (exact) mass is 231 g/mol. The van der Waals surface area contributed by atoms with Crippen molar-refractivity contribution >= 4 is 5.97 Å². The van der Waals surface area contributed by atoms with Gasteiger partial charge in [-0.25, -0.2) is 0 Å². The molecular formula is C11H21NO4. The molecule has 5 nitrogen and oxygen atoms in total. The molecule has 2 unspecified atom stereocenters. The first-order chi connectivity index (χ1) is 7.70. The zero-order chi connectivity index (χ0) is 12.0. The van der Waals surface area contributed by atoms with Gasteiger partial charge < -0.3 is 14.6 Å². The molecule has 0 heterocycles. The summed E-state index contributed by atoms with van der Waals surface area (Å²) in [7, 11) is 3.31. The van der Waals surface area contributed by atoms with Crippen molar-refractivity contribution in [3.05, 3.63) is 0 Å². The molecule has 94 valence electrons. The van der Waals surface area contributed by atoms with Crippen LogP contribution in [0.2, 0.25) is 0 Å². The Morgan fingerprint density at radius 1 is 1.25 bits per heavy atom. The van der Waals surface area contributed by atoms with Crippen LogP contribution in [0.25, 0.3) is 0 Å². The van der Waals surface area contributed by atoms with Crippen LogP contribution in [0.4, 0.5) is 0 Å². The summed E-state index contributed by atoms with van der Waals surface area (Å²) in [5, 5.41) is 9.01. The quantitative estimate of drug-likeness (QED) is 0.657. The van der Waals surface area contributed by atoms with Crippen molar-refractivity contribution in [3.8, 4) is 0 Å². The van der Waals surface area contributed by atoms with Gasteiger partial charge in [0.05, 0.1) is 19.1 Å². The Bertz CT molecular complexity index is 214. The van der Waals surface area contributed by atoms with Gasteiger partial charge in [0.1, 0.15) is 0 Å². The molecule has 5 heteroatoms. The molecule has 0 aromatic carbocycles. The maximum absolute atomic E-state index is 11.0. The first-order valence-corrected chi connectivity index (χ1v) is 5.65. The van der Waals surface area contributed by atoms with Crippen LogP contribution in [-0.2, 0) is 14.3 Å². The van der Waals surface area contributed by atoms with Crippen LogP contribution < -0.4 is 0 Å². The smallest absolute Gasteiger partial charge is 0.308 e. The number of nitrogens with zero attached hydrogens (tertiary/aromatic N) is 1. The van der Waals surface area contributed by atoms with Gasteiger partial charge in [0.25, 0.3) is 0 Å². The van der Waals surface area contributed by atoms with Crippen LogP contribution in [-0.4, -0.2) is 62.5 Å². The molecule has 1 N–H and O–H groups in total. The number of hydrogen-bond donors (Lipinski definition) is 1. The third-order valence-corrected chi connectivity index (χ3v) is 3.19. The van der Waals surface area contributed by atoms with Crippen LogP contribution in [0.5, 0.6) is 0 Å². The number of hydrogen-bond acceptors (Lipinski definition) is 4. The molecule has 2 atom stereocenters. The number of carbonyl (C=O) groups is 1. The van der Waals surface area contributed by atoms with Crippen molar-refractivity contribution in [1.29, 1.82) is 0 Å². The van der Waals surface area contributed by atoms with Crippen molar-refractivity contribution in [3.63, 3.8) is 0 Å². The maximum Gasteiger partial charge on any atom is 0.308 e. The van der Waals surface area contributed by atoms with Crippen molar-refractivity contribution in [1.82, 2.24) is 4.90 Å². The number of aliphatic carboxylic acids is 1. The highest BCUT2D eigenvalue weighted by molar-refractivity contribution is 5.72. The molecule has 0 aliphatic heterocycles. The molecule has 0 aromatic rings. The van der Waals surface area contributed by atoms with Gasteiger partial charge in [-0.15, -0.1) is 0 Å². The molecule has 0 radical (unpaired) electrons. The molecule has 1 aliphatic carbocycles. The predicted molar refractivity (Wildman–Crippen MR) is 59.5 cm³/mol. The van der Waals surface area contributed by atoms with Gasteiger partial charge in [-0.3, -0.25) is 9.69 Å². The molecule has 1 rings (SSSR count). The van der Waals surface area contributed by atoms with E-state index in [1.165, 1.54) is 0 Å². The van der Waals surface area contributed by atoms with Crippen LogP contribution in [0, 0.1) is 5.92 Å². The minimum Gasteiger partial charge on any atom is -0.481 e. The van der Waals surface area contributed by atoms with Crippen molar-refractivity contribution in [2.24, 2.45) is 5.92 Å². The van der Waals surface area contributed by atoms with E-state index in [0.717, 1.165) is 25.9 Å². The normalized spacial score (nSPS) is 24.4. The van der Waals surface area contributed by atoms with Crippen LogP contribution >= 0.6 is 0 Å². The third-order valence-electron chi connectivity index (χ3n) is 3.19. The van der Waals surface area contributed by atoms with Gasteiger partial charge in [0, 0.05) is 33.4 Å². The lowest BCUT2D eigenvalue weighted by molar-refractivity contribution is -0.149. The summed E-state index contributed by atoms with van der Waals surface area (Å²) >= 11 is 0. The van der Waals surface area contributed by atoms with Gasteiger partial charge in [0.15, 0.2) is 0 Å². The summed E-state index contributed by atoms with van der Waals surface area (Å²) in [6.07, 6.45) is 1.75. The van der Waals surface area contributed by atoms with Gasteiger partial charge in [0.2, 0.25) is 0 Å². The average Bonchev–Trinajstić information content (AvgIpc) is 2.19. The molecule has 0 bridgehead atoms. The predicted octanol–water partition coefficient (Wildman–Crippen LogP) is 0.444. The largest absolute Gasteiger partial charge is 0.481 e. The topological polar surface area (TPSA) is 59.0 Å². The van der Waals surface area contributed by atoms with E-state index in [1.54, 1.807) is 14.2 Å². The first kappa shape index (κ1) is 13.4. The molecule has 0 amide bonds.